The molecule has 0 saturated carbocycles. The van der Waals surface area contributed by atoms with Crippen LogP contribution in [0.1, 0.15) is 44.2 Å². The third kappa shape index (κ3) is 3.53. The summed E-state index contributed by atoms with van der Waals surface area (Å²) >= 11 is 0. The lowest BCUT2D eigenvalue weighted by atomic mass is 10.1. The molecule has 156 valence electrons. The van der Waals surface area contributed by atoms with Gasteiger partial charge in [-0.05, 0) is 45.0 Å². The van der Waals surface area contributed by atoms with Crippen LogP contribution in [-0.4, -0.2) is 24.5 Å². The molecule has 31 heavy (non-hydrogen) atoms. The first-order valence-corrected chi connectivity index (χ1v) is 9.81. The molecule has 0 aliphatic rings. The molecule has 3 aromatic heterocycles. The van der Waals surface area contributed by atoms with Gasteiger partial charge in [0.1, 0.15) is 41.2 Å². The van der Waals surface area contributed by atoms with Crippen LogP contribution >= 0.6 is 0 Å². The van der Waals surface area contributed by atoms with Crippen LogP contribution in [0.25, 0.3) is 22.3 Å². The maximum Gasteiger partial charge on any atom is 0.150 e. The Labute approximate surface area is 178 Å². The van der Waals surface area contributed by atoms with Gasteiger partial charge in [-0.2, -0.15) is 5.26 Å². The Morgan fingerprint density at radius 1 is 1.13 bits per heavy atom. The maximum atomic E-state index is 15.0. The van der Waals surface area contributed by atoms with Crippen molar-refractivity contribution < 1.29 is 4.39 Å². The topological polar surface area (TPSA) is 118 Å². The Hall–Kier alpha value is -4.06. The molecule has 0 aliphatic carbocycles. The average molecular weight is 416 g/mol. The van der Waals surface area contributed by atoms with E-state index in [0.29, 0.717) is 33.9 Å². The third-order valence-electron chi connectivity index (χ3n) is 4.99. The zero-order valence-electron chi connectivity index (χ0n) is 17.3. The molecule has 0 radical (unpaired) electrons. The molecule has 4 aromatic rings. The number of nitrogens with one attached hydrogen (secondary N) is 1. The molecule has 0 amide bonds. The number of hydrogen-bond acceptors (Lipinski definition) is 7. The van der Waals surface area contributed by atoms with Gasteiger partial charge in [-0.1, -0.05) is 6.07 Å². The molecule has 0 unspecified atom stereocenters. The number of rotatable bonds is 5. The van der Waals surface area contributed by atoms with Crippen LogP contribution in [0.2, 0.25) is 0 Å². The predicted molar refractivity (Wildman–Crippen MR) is 117 cm³/mol. The van der Waals surface area contributed by atoms with Gasteiger partial charge in [0.2, 0.25) is 0 Å². The summed E-state index contributed by atoms with van der Waals surface area (Å²) in [5, 5.41) is 12.6. The number of benzene rings is 1. The van der Waals surface area contributed by atoms with Gasteiger partial charge in [-0.3, -0.25) is 4.98 Å². The fourth-order valence-electron chi connectivity index (χ4n) is 3.65. The Morgan fingerprint density at radius 2 is 1.94 bits per heavy atom. The van der Waals surface area contributed by atoms with Crippen LogP contribution < -0.4 is 11.1 Å². The second-order valence-corrected chi connectivity index (χ2v) is 7.40. The molecule has 0 spiro atoms. The molecule has 0 bridgehead atoms. The smallest absolute Gasteiger partial charge is 0.150 e. The standard InChI is InChI=1S/C22H21FN8/c1-12(2)31-19-17(8-7-15(23)18(19)16-6-4-5-9-26-16)30-22(31)13(3)29-21-14(10-24)20(25)27-11-28-21/h4-9,11-13H,1-3H3,(H3,25,27,28,29)/t13-/m0/s1. The summed E-state index contributed by atoms with van der Waals surface area (Å²) < 4.78 is 17.0. The molecule has 1 atom stereocenters. The molecule has 3 heterocycles. The number of nitrogen functional groups attached to an aromatic ring is 1. The van der Waals surface area contributed by atoms with E-state index < -0.39 is 0 Å². The largest absolute Gasteiger partial charge is 0.382 e. The summed E-state index contributed by atoms with van der Waals surface area (Å²) in [6.07, 6.45) is 2.93. The fourth-order valence-corrected chi connectivity index (χ4v) is 3.65. The van der Waals surface area contributed by atoms with Crippen LogP contribution in [0.4, 0.5) is 16.0 Å². The average Bonchev–Trinajstić information content (AvgIpc) is 3.14. The van der Waals surface area contributed by atoms with Gasteiger partial charge in [0, 0.05) is 12.2 Å². The second kappa shape index (κ2) is 7.99. The molecule has 9 heteroatoms. The molecular formula is C22H21FN8. The molecule has 4 rings (SSSR count). The first-order chi connectivity index (χ1) is 14.9. The summed E-state index contributed by atoms with van der Waals surface area (Å²) in [6, 6.07) is 10.1. The molecule has 1 aromatic carbocycles. The predicted octanol–water partition coefficient (Wildman–Crippen LogP) is 4.24. The number of imidazole rings is 1. The van der Waals surface area contributed by atoms with E-state index in [0.717, 1.165) is 0 Å². The van der Waals surface area contributed by atoms with Crippen molar-refractivity contribution in [2.45, 2.75) is 32.9 Å². The van der Waals surface area contributed by atoms with E-state index >= 15 is 0 Å². The highest BCUT2D eigenvalue weighted by Gasteiger charge is 2.24. The summed E-state index contributed by atoms with van der Waals surface area (Å²) in [7, 11) is 0. The lowest BCUT2D eigenvalue weighted by Crippen LogP contribution is -2.17. The Bertz CT molecular complexity index is 1290. The van der Waals surface area contributed by atoms with Gasteiger partial charge in [-0.15, -0.1) is 0 Å². The van der Waals surface area contributed by atoms with Crippen molar-refractivity contribution in [3.8, 4) is 17.3 Å². The van der Waals surface area contributed by atoms with E-state index in [2.05, 4.69) is 20.3 Å². The van der Waals surface area contributed by atoms with Gasteiger partial charge >= 0.3 is 0 Å². The second-order valence-electron chi connectivity index (χ2n) is 7.40. The molecule has 0 aliphatic heterocycles. The van der Waals surface area contributed by atoms with Gasteiger partial charge < -0.3 is 15.6 Å². The number of anilines is 2. The van der Waals surface area contributed by atoms with Gasteiger partial charge in [0.15, 0.2) is 0 Å². The molecule has 8 nitrogen and oxygen atoms in total. The summed E-state index contributed by atoms with van der Waals surface area (Å²) in [4.78, 5) is 17.1. The number of nitriles is 1. The zero-order valence-corrected chi connectivity index (χ0v) is 17.3. The van der Waals surface area contributed by atoms with Crippen molar-refractivity contribution in [3.05, 3.63) is 60.1 Å². The van der Waals surface area contributed by atoms with Gasteiger partial charge in [-0.25, -0.2) is 19.3 Å². The zero-order chi connectivity index (χ0) is 22.1. The number of pyridine rings is 1. The van der Waals surface area contributed by atoms with Crippen molar-refractivity contribution in [3.63, 3.8) is 0 Å². The summed E-state index contributed by atoms with van der Waals surface area (Å²) in [5.74, 6) is 0.731. The van der Waals surface area contributed by atoms with Crippen molar-refractivity contribution >= 4 is 22.7 Å². The molecule has 3 N–H and O–H groups in total. The van der Waals surface area contributed by atoms with Crippen molar-refractivity contribution in [2.24, 2.45) is 0 Å². The first kappa shape index (κ1) is 20.2. The first-order valence-electron chi connectivity index (χ1n) is 9.81. The van der Waals surface area contributed by atoms with Crippen LogP contribution in [0.5, 0.6) is 0 Å². The number of nitrogens with two attached hydrogens (primary N) is 1. The van der Waals surface area contributed by atoms with Crippen molar-refractivity contribution in [1.29, 1.82) is 5.26 Å². The van der Waals surface area contributed by atoms with Crippen LogP contribution in [0, 0.1) is 17.1 Å². The lowest BCUT2D eigenvalue weighted by Gasteiger charge is -2.20. The number of hydrogen-bond donors (Lipinski definition) is 2. The quantitative estimate of drug-likeness (QED) is 0.499. The van der Waals surface area contributed by atoms with Crippen LogP contribution in [-0.2, 0) is 0 Å². The highest BCUT2D eigenvalue weighted by atomic mass is 19.1. The Morgan fingerprint density at radius 3 is 2.61 bits per heavy atom. The van der Waals surface area contributed by atoms with E-state index in [1.807, 2.05) is 37.5 Å². The van der Waals surface area contributed by atoms with Crippen LogP contribution in [0.3, 0.4) is 0 Å². The molecule has 0 fully saturated rings. The third-order valence-corrected chi connectivity index (χ3v) is 4.99. The maximum absolute atomic E-state index is 15.0. The normalized spacial score (nSPS) is 12.1. The fraction of sp³-hybridized carbons (Fsp3) is 0.227. The molecular weight excluding hydrogens is 395 g/mol. The van der Waals surface area contributed by atoms with E-state index in [9.17, 15) is 9.65 Å². The van der Waals surface area contributed by atoms with Crippen molar-refractivity contribution in [1.82, 2.24) is 24.5 Å². The highest BCUT2D eigenvalue weighted by Crippen LogP contribution is 2.35. The van der Waals surface area contributed by atoms with E-state index in [1.165, 1.54) is 12.4 Å². The number of aromatic nitrogens is 5. The number of nitrogens with zero attached hydrogens (tertiary/aromatic N) is 6. The summed E-state index contributed by atoms with van der Waals surface area (Å²) in [5.41, 5.74) is 8.23. The van der Waals surface area contributed by atoms with Gasteiger partial charge in [0.05, 0.1) is 28.3 Å². The number of halogens is 1. The lowest BCUT2D eigenvalue weighted by molar-refractivity contribution is 0.565. The van der Waals surface area contributed by atoms with Crippen molar-refractivity contribution in [2.75, 3.05) is 11.1 Å². The monoisotopic (exact) mass is 416 g/mol. The molecule has 0 saturated heterocycles. The Kier molecular flexibility index (Phi) is 5.21. The van der Waals surface area contributed by atoms with E-state index in [1.54, 1.807) is 24.4 Å². The van der Waals surface area contributed by atoms with E-state index in [4.69, 9.17) is 10.7 Å². The highest BCUT2D eigenvalue weighted by molar-refractivity contribution is 5.92. The minimum absolute atomic E-state index is 0.0144. The Balaban J connectivity index is 1.89. The van der Waals surface area contributed by atoms with E-state index in [-0.39, 0.29) is 29.3 Å². The van der Waals surface area contributed by atoms with Gasteiger partial charge in [0.25, 0.3) is 0 Å². The summed E-state index contributed by atoms with van der Waals surface area (Å²) in [6.45, 7) is 5.91. The minimum atomic E-state index is -0.365. The minimum Gasteiger partial charge on any atom is -0.382 e. The number of fused-ring (bicyclic) bond motifs is 1. The SMILES string of the molecule is CC(C)n1c([C@H](C)Nc2ncnc(N)c2C#N)nc2ccc(F)c(-c3ccccn3)c21. The van der Waals surface area contributed by atoms with Crippen LogP contribution in [0.15, 0.2) is 42.9 Å².